The molecule has 0 N–H and O–H groups in total. The van der Waals surface area contributed by atoms with Gasteiger partial charge in [0.05, 0.1) is 0 Å². The number of hydrogen-bond donors (Lipinski definition) is 0. The third-order valence-corrected chi connectivity index (χ3v) is 3.82. The second-order valence-corrected chi connectivity index (χ2v) is 7.22. The van der Waals surface area contributed by atoms with Crippen molar-refractivity contribution in [1.82, 2.24) is 0 Å². The van der Waals surface area contributed by atoms with Crippen LogP contribution in [0.25, 0.3) is 0 Å². The Hall–Kier alpha value is -0.0800. The van der Waals surface area contributed by atoms with E-state index in [1.54, 1.807) is 20.8 Å². The van der Waals surface area contributed by atoms with E-state index in [0.29, 0.717) is 6.42 Å². The Morgan fingerprint density at radius 1 is 0.762 bits per heavy atom. The second kappa shape index (κ2) is 14.8. The van der Waals surface area contributed by atoms with Crippen LogP contribution in [-0.4, -0.2) is 10.5 Å². The van der Waals surface area contributed by atoms with Crippen LogP contribution < -0.4 is 0 Å². The number of carbonyl (C=O) groups is 2. The van der Waals surface area contributed by atoms with Crippen LogP contribution in [0.15, 0.2) is 0 Å². The molecule has 0 radical (unpaired) electrons. The Morgan fingerprint density at radius 2 is 1.10 bits per heavy atom. The minimum atomic E-state index is -0.373. The summed E-state index contributed by atoms with van der Waals surface area (Å²) in [4.78, 5) is 20.6. The van der Waals surface area contributed by atoms with E-state index in [1.165, 1.54) is 44.9 Å². The van der Waals surface area contributed by atoms with Crippen LogP contribution in [0.4, 0.5) is 0 Å². The first-order chi connectivity index (χ1) is 9.71. The number of hydrogen-bond acceptors (Lipinski definition) is 2. The van der Waals surface area contributed by atoms with Gasteiger partial charge in [0.1, 0.15) is 0 Å². The highest BCUT2D eigenvalue weighted by Crippen LogP contribution is 2.15. The molecule has 0 amide bonds. The lowest BCUT2D eigenvalue weighted by molar-refractivity contribution is -0.118. The first-order valence-corrected chi connectivity index (χ1v) is 8.85. The van der Waals surface area contributed by atoms with Crippen molar-refractivity contribution in [3.63, 3.8) is 0 Å². The summed E-state index contributed by atoms with van der Waals surface area (Å²) in [5, 5.41) is -0.472. The van der Waals surface area contributed by atoms with Gasteiger partial charge in [0.2, 0.25) is 10.5 Å². The average molecular weight is 339 g/mol. The second-order valence-electron chi connectivity index (χ2n) is 6.46. The maximum atomic E-state index is 10.4. The van der Waals surface area contributed by atoms with Gasteiger partial charge in [0.25, 0.3) is 0 Å². The van der Waals surface area contributed by atoms with Crippen molar-refractivity contribution < 1.29 is 9.59 Å². The summed E-state index contributed by atoms with van der Waals surface area (Å²) in [6, 6.07) is 0. The van der Waals surface area contributed by atoms with Crippen molar-refractivity contribution in [2.45, 2.75) is 91.9 Å². The maximum Gasteiger partial charge on any atom is 0.226 e. The van der Waals surface area contributed by atoms with E-state index >= 15 is 0 Å². The van der Waals surface area contributed by atoms with Gasteiger partial charge in [-0.25, -0.2) is 0 Å². The van der Waals surface area contributed by atoms with Crippen LogP contribution in [0.3, 0.4) is 0 Å². The summed E-state index contributed by atoms with van der Waals surface area (Å²) in [5.41, 5.74) is -0.373. The molecular formula is C17H32Cl2O2. The summed E-state index contributed by atoms with van der Waals surface area (Å²) < 4.78 is 0. The molecule has 2 nitrogen and oxygen atoms in total. The first kappa shape index (κ1) is 23.2. The lowest BCUT2D eigenvalue weighted by Gasteiger charge is -2.08. The number of halogens is 2. The number of rotatable bonds is 10. The molecule has 126 valence electrons. The minimum absolute atomic E-state index is 0.187. The van der Waals surface area contributed by atoms with E-state index in [-0.39, 0.29) is 15.9 Å². The molecule has 4 heteroatoms. The highest BCUT2D eigenvalue weighted by molar-refractivity contribution is 6.64. The third-order valence-electron chi connectivity index (χ3n) is 3.07. The zero-order valence-corrected chi connectivity index (χ0v) is 15.7. The zero-order chi connectivity index (χ0) is 16.7. The molecule has 0 aliphatic heterocycles. The van der Waals surface area contributed by atoms with Gasteiger partial charge in [0, 0.05) is 11.8 Å². The van der Waals surface area contributed by atoms with E-state index in [2.05, 4.69) is 6.92 Å². The van der Waals surface area contributed by atoms with E-state index in [4.69, 9.17) is 23.2 Å². The van der Waals surface area contributed by atoms with Gasteiger partial charge < -0.3 is 0 Å². The predicted octanol–water partition coefficient (Wildman–Crippen LogP) is 6.47. The molecule has 0 aromatic heterocycles. The van der Waals surface area contributed by atoms with Crippen molar-refractivity contribution in [3.05, 3.63) is 0 Å². The summed E-state index contributed by atoms with van der Waals surface area (Å²) in [5.74, 6) is 0. The van der Waals surface area contributed by atoms with E-state index in [9.17, 15) is 9.59 Å². The van der Waals surface area contributed by atoms with Crippen LogP contribution in [0, 0.1) is 5.41 Å². The Bertz CT molecular complexity index is 270. The lowest BCUT2D eigenvalue weighted by atomic mass is 10.00. The molecule has 0 rings (SSSR count). The molecule has 0 spiro atoms. The van der Waals surface area contributed by atoms with Crippen LogP contribution in [0.2, 0.25) is 0 Å². The molecule has 0 unspecified atom stereocenters. The third kappa shape index (κ3) is 22.3. The molecule has 0 atom stereocenters. The van der Waals surface area contributed by atoms with Gasteiger partial charge in [-0.1, -0.05) is 79.1 Å². The van der Waals surface area contributed by atoms with E-state index in [0.717, 1.165) is 12.8 Å². The summed E-state index contributed by atoms with van der Waals surface area (Å²) in [7, 11) is 0. The molecule has 0 fully saturated rings. The van der Waals surface area contributed by atoms with Gasteiger partial charge in [-0.05, 0) is 29.6 Å². The SMILES string of the molecule is CC(C)(C)C(=O)Cl.CCCCCCCCCCCC(=O)Cl. The molecule has 0 bridgehead atoms. The van der Waals surface area contributed by atoms with Crippen molar-refractivity contribution in [1.29, 1.82) is 0 Å². The van der Waals surface area contributed by atoms with E-state index < -0.39 is 0 Å². The Kier molecular flexibility index (Phi) is 16.4. The highest BCUT2D eigenvalue weighted by Gasteiger charge is 2.17. The number of carbonyl (C=O) groups excluding carboxylic acids is 2. The molecule has 0 aliphatic carbocycles. The molecule has 0 aromatic rings. The average Bonchev–Trinajstić information content (AvgIpc) is 2.36. The first-order valence-electron chi connectivity index (χ1n) is 8.10. The molecule has 0 heterocycles. The molecular weight excluding hydrogens is 307 g/mol. The fourth-order valence-corrected chi connectivity index (χ4v) is 1.71. The Balaban J connectivity index is 0. The van der Waals surface area contributed by atoms with Crippen molar-refractivity contribution in [2.24, 2.45) is 5.41 Å². The van der Waals surface area contributed by atoms with Gasteiger partial charge in [0.15, 0.2) is 0 Å². The summed E-state index contributed by atoms with van der Waals surface area (Å²) in [6.45, 7) is 7.58. The highest BCUT2D eigenvalue weighted by atomic mass is 35.5. The molecule has 0 saturated heterocycles. The number of unbranched alkanes of at least 4 members (excludes halogenated alkanes) is 8. The lowest BCUT2D eigenvalue weighted by Crippen LogP contribution is -2.13. The predicted molar refractivity (Wildman–Crippen MR) is 93.0 cm³/mol. The van der Waals surface area contributed by atoms with Crippen molar-refractivity contribution >= 4 is 33.7 Å². The molecule has 0 saturated carbocycles. The topological polar surface area (TPSA) is 34.1 Å². The quantitative estimate of drug-likeness (QED) is 0.337. The molecule has 0 aliphatic rings. The smallest absolute Gasteiger partial charge is 0.226 e. The fraction of sp³-hybridized carbons (Fsp3) is 0.882. The minimum Gasteiger partial charge on any atom is -0.281 e. The van der Waals surface area contributed by atoms with Gasteiger partial charge in [-0.3, -0.25) is 9.59 Å². The van der Waals surface area contributed by atoms with E-state index in [1.807, 2.05) is 0 Å². The maximum absolute atomic E-state index is 10.4. The molecule has 21 heavy (non-hydrogen) atoms. The van der Waals surface area contributed by atoms with Crippen LogP contribution in [0.5, 0.6) is 0 Å². The van der Waals surface area contributed by atoms with Gasteiger partial charge in [-0.15, -0.1) is 0 Å². The normalized spacial score (nSPS) is 10.8. The summed E-state index contributed by atoms with van der Waals surface area (Å²) >= 11 is 10.4. The van der Waals surface area contributed by atoms with Gasteiger partial charge in [-0.2, -0.15) is 0 Å². The molecule has 0 aromatic carbocycles. The zero-order valence-electron chi connectivity index (χ0n) is 14.1. The largest absolute Gasteiger partial charge is 0.281 e. The monoisotopic (exact) mass is 338 g/mol. The Morgan fingerprint density at radius 3 is 1.38 bits per heavy atom. The van der Waals surface area contributed by atoms with Crippen LogP contribution >= 0.6 is 23.2 Å². The van der Waals surface area contributed by atoms with Gasteiger partial charge >= 0.3 is 0 Å². The standard InChI is InChI=1S/C12H23ClO.C5H9ClO/c1-2-3-4-5-6-7-8-9-10-11-12(13)14;1-5(2,3)4(6)7/h2-11H2,1H3;1-3H3. The fourth-order valence-electron chi connectivity index (χ4n) is 1.57. The van der Waals surface area contributed by atoms with Crippen LogP contribution in [-0.2, 0) is 9.59 Å². The van der Waals surface area contributed by atoms with Crippen molar-refractivity contribution in [3.8, 4) is 0 Å². The summed E-state index contributed by atoms with van der Waals surface area (Å²) in [6.07, 6.45) is 12.1. The Labute approximate surface area is 141 Å². The van der Waals surface area contributed by atoms with Crippen LogP contribution in [0.1, 0.15) is 91.9 Å². The van der Waals surface area contributed by atoms with Crippen molar-refractivity contribution in [2.75, 3.05) is 0 Å².